The van der Waals surface area contributed by atoms with Crippen LogP contribution in [0.4, 0.5) is 0 Å². The third-order valence-corrected chi connectivity index (χ3v) is 4.79. The molecule has 0 spiro atoms. The van der Waals surface area contributed by atoms with Crippen molar-refractivity contribution in [3.05, 3.63) is 41.3 Å². The number of carbonyl (C=O) groups is 1. The van der Waals surface area contributed by atoms with Crippen LogP contribution in [-0.2, 0) is 4.79 Å². The van der Waals surface area contributed by atoms with Gasteiger partial charge in [0.25, 0.3) is 0 Å². The van der Waals surface area contributed by atoms with Gasteiger partial charge < -0.3 is 9.88 Å². The van der Waals surface area contributed by atoms with E-state index in [0.717, 1.165) is 48.0 Å². The summed E-state index contributed by atoms with van der Waals surface area (Å²) in [6.07, 6.45) is 4.63. The number of amides is 1. The Balaban J connectivity index is 1.69. The summed E-state index contributed by atoms with van der Waals surface area (Å²) >= 11 is 5.95. The maximum Gasteiger partial charge on any atom is 0.223 e. The number of imidazole rings is 1. The third-order valence-electron chi connectivity index (χ3n) is 4.54. The van der Waals surface area contributed by atoms with Gasteiger partial charge in [-0.05, 0) is 37.1 Å². The van der Waals surface area contributed by atoms with Crippen LogP contribution in [-0.4, -0.2) is 52.9 Å². The Bertz CT molecular complexity index is 695. The van der Waals surface area contributed by atoms with E-state index in [1.54, 1.807) is 19.0 Å². The van der Waals surface area contributed by atoms with Gasteiger partial charge in [0.05, 0.1) is 17.9 Å². The first-order valence-electron chi connectivity index (χ1n) is 8.29. The van der Waals surface area contributed by atoms with Crippen LogP contribution in [0.3, 0.4) is 0 Å². The zero-order valence-electron chi connectivity index (χ0n) is 14.1. The van der Waals surface area contributed by atoms with Crippen molar-refractivity contribution in [1.29, 1.82) is 0 Å². The summed E-state index contributed by atoms with van der Waals surface area (Å²) in [6, 6.07) is 8.00. The lowest BCUT2D eigenvalue weighted by atomic mass is 10.2. The Kier molecular flexibility index (Phi) is 5.21. The summed E-state index contributed by atoms with van der Waals surface area (Å²) in [7, 11) is 3.60. The molecule has 3 rings (SSSR count). The molecule has 2 aromatic rings. The highest BCUT2D eigenvalue weighted by atomic mass is 35.5. The number of benzene rings is 1. The van der Waals surface area contributed by atoms with Crippen molar-refractivity contribution in [2.75, 3.05) is 27.2 Å². The molecule has 0 bridgehead atoms. The van der Waals surface area contributed by atoms with E-state index in [4.69, 9.17) is 11.6 Å². The molecule has 1 amide bonds. The van der Waals surface area contributed by atoms with Crippen LogP contribution in [0.25, 0.3) is 11.3 Å². The fourth-order valence-corrected chi connectivity index (χ4v) is 3.27. The minimum Gasteiger partial charge on any atom is -0.349 e. The lowest BCUT2D eigenvalue weighted by Gasteiger charge is -2.23. The number of H-pyrrole nitrogens is 1. The molecule has 1 saturated heterocycles. The number of nitrogens with one attached hydrogen (secondary N) is 1. The average molecular weight is 347 g/mol. The Morgan fingerprint density at radius 3 is 2.83 bits per heavy atom. The first kappa shape index (κ1) is 17.0. The number of rotatable bonds is 5. The minimum absolute atomic E-state index is 0.168. The lowest BCUT2D eigenvalue weighted by molar-refractivity contribution is -0.129. The average Bonchev–Trinajstić information content (AvgIpc) is 3.22. The molecule has 1 aliphatic rings. The zero-order valence-corrected chi connectivity index (χ0v) is 14.9. The van der Waals surface area contributed by atoms with Crippen LogP contribution in [0, 0.1) is 0 Å². The highest BCUT2D eigenvalue weighted by Crippen LogP contribution is 2.31. The van der Waals surface area contributed by atoms with Crippen molar-refractivity contribution >= 4 is 17.5 Å². The molecule has 24 heavy (non-hydrogen) atoms. The van der Waals surface area contributed by atoms with E-state index in [2.05, 4.69) is 14.9 Å². The summed E-state index contributed by atoms with van der Waals surface area (Å²) < 4.78 is 0. The Morgan fingerprint density at radius 2 is 2.12 bits per heavy atom. The quantitative estimate of drug-likeness (QED) is 0.903. The molecule has 0 radical (unpaired) electrons. The fraction of sp³-hybridized carbons (Fsp3) is 0.444. The topological polar surface area (TPSA) is 52.2 Å². The largest absolute Gasteiger partial charge is 0.349 e. The van der Waals surface area contributed by atoms with Gasteiger partial charge in [0.15, 0.2) is 0 Å². The number of halogens is 1. The zero-order chi connectivity index (χ0) is 17.1. The van der Waals surface area contributed by atoms with Crippen molar-refractivity contribution in [1.82, 2.24) is 19.8 Å². The number of hydrogen-bond acceptors (Lipinski definition) is 3. The van der Waals surface area contributed by atoms with Crippen LogP contribution >= 0.6 is 11.6 Å². The summed E-state index contributed by atoms with van der Waals surface area (Å²) in [6.45, 7) is 1.79. The predicted molar refractivity (Wildman–Crippen MR) is 95.9 cm³/mol. The summed E-state index contributed by atoms with van der Waals surface area (Å²) in [4.78, 5) is 23.9. The summed E-state index contributed by atoms with van der Waals surface area (Å²) in [5.41, 5.74) is 2.07. The second-order valence-corrected chi connectivity index (χ2v) is 6.86. The van der Waals surface area contributed by atoms with Gasteiger partial charge >= 0.3 is 0 Å². The van der Waals surface area contributed by atoms with E-state index in [1.807, 2.05) is 30.5 Å². The predicted octanol–water partition coefficient (Wildman–Crippen LogP) is 3.35. The Hall–Kier alpha value is -1.85. The standard InChI is InChI=1S/C18H23ClN4O/c1-22(2)17(24)9-11-23-10-3-4-16(23)18-20-12-15(21-18)13-5-7-14(19)8-6-13/h5-8,12,16H,3-4,9-11H2,1-2H3,(H,20,21)/t16-/m0/s1. The van der Waals surface area contributed by atoms with Crippen LogP contribution in [0.5, 0.6) is 0 Å². The second-order valence-electron chi connectivity index (χ2n) is 6.42. The van der Waals surface area contributed by atoms with Gasteiger partial charge in [-0.1, -0.05) is 23.7 Å². The first-order chi connectivity index (χ1) is 11.5. The number of aromatic nitrogens is 2. The van der Waals surface area contributed by atoms with E-state index in [0.29, 0.717) is 6.42 Å². The second kappa shape index (κ2) is 7.36. The summed E-state index contributed by atoms with van der Waals surface area (Å²) in [5, 5.41) is 0.728. The van der Waals surface area contributed by atoms with E-state index < -0.39 is 0 Å². The number of nitrogens with zero attached hydrogens (tertiary/aromatic N) is 3. The van der Waals surface area contributed by atoms with E-state index in [9.17, 15) is 4.79 Å². The van der Waals surface area contributed by atoms with Gasteiger partial charge in [-0.15, -0.1) is 0 Å². The van der Waals surface area contributed by atoms with E-state index >= 15 is 0 Å². The van der Waals surface area contributed by atoms with Gasteiger partial charge in [0, 0.05) is 32.1 Å². The molecule has 128 valence electrons. The lowest BCUT2D eigenvalue weighted by Crippen LogP contribution is -2.30. The fourth-order valence-electron chi connectivity index (χ4n) is 3.15. The minimum atomic E-state index is 0.168. The Labute approximate surface area is 147 Å². The third kappa shape index (κ3) is 3.79. The van der Waals surface area contributed by atoms with Crippen molar-refractivity contribution in [2.45, 2.75) is 25.3 Å². The van der Waals surface area contributed by atoms with E-state index in [-0.39, 0.29) is 11.9 Å². The normalized spacial score (nSPS) is 18.0. The number of aromatic amines is 1. The number of carbonyl (C=O) groups excluding carboxylic acids is 1. The molecular formula is C18H23ClN4O. The first-order valence-corrected chi connectivity index (χ1v) is 8.67. The van der Waals surface area contributed by atoms with Crippen LogP contribution in [0.15, 0.2) is 30.5 Å². The number of likely N-dealkylation sites (tertiary alicyclic amines) is 1. The van der Waals surface area contributed by atoms with Crippen molar-refractivity contribution < 1.29 is 4.79 Å². The molecule has 1 N–H and O–H groups in total. The Morgan fingerprint density at radius 1 is 1.38 bits per heavy atom. The maximum absolute atomic E-state index is 11.8. The van der Waals surface area contributed by atoms with Crippen LogP contribution < -0.4 is 0 Å². The summed E-state index contributed by atoms with van der Waals surface area (Å²) in [5.74, 6) is 1.15. The van der Waals surface area contributed by atoms with Crippen LogP contribution in [0.2, 0.25) is 5.02 Å². The van der Waals surface area contributed by atoms with Crippen LogP contribution in [0.1, 0.15) is 31.1 Å². The monoisotopic (exact) mass is 346 g/mol. The molecule has 1 fully saturated rings. The molecule has 0 saturated carbocycles. The smallest absolute Gasteiger partial charge is 0.223 e. The van der Waals surface area contributed by atoms with Gasteiger partial charge in [-0.3, -0.25) is 9.69 Å². The van der Waals surface area contributed by atoms with Gasteiger partial charge in [0.2, 0.25) is 5.91 Å². The van der Waals surface area contributed by atoms with E-state index in [1.165, 1.54) is 0 Å². The van der Waals surface area contributed by atoms with Gasteiger partial charge in [-0.2, -0.15) is 0 Å². The molecule has 1 atom stereocenters. The highest BCUT2D eigenvalue weighted by Gasteiger charge is 2.28. The molecule has 6 heteroatoms. The molecule has 0 aliphatic carbocycles. The molecule has 5 nitrogen and oxygen atoms in total. The molecule has 1 aromatic carbocycles. The van der Waals surface area contributed by atoms with Crippen molar-refractivity contribution in [3.63, 3.8) is 0 Å². The molecule has 0 unspecified atom stereocenters. The maximum atomic E-state index is 11.8. The number of hydrogen-bond donors (Lipinski definition) is 1. The SMILES string of the molecule is CN(C)C(=O)CCN1CCC[C@H]1c1ncc(-c2ccc(Cl)cc2)[nH]1. The van der Waals surface area contributed by atoms with Gasteiger partial charge in [0.1, 0.15) is 5.82 Å². The molecule has 1 aromatic heterocycles. The highest BCUT2D eigenvalue weighted by molar-refractivity contribution is 6.30. The van der Waals surface area contributed by atoms with Crippen molar-refractivity contribution in [3.8, 4) is 11.3 Å². The van der Waals surface area contributed by atoms with Gasteiger partial charge in [-0.25, -0.2) is 4.98 Å². The molecular weight excluding hydrogens is 324 g/mol. The van der Waals surface area contributed by atoms with Crippen molar-refractivity contribution in [2.24, 2.45) is 0 Å². The molecule has 1 aliphatic heterocycles. The molecule has 2 heterocycles.